The second kappa shape index (κ2) is 5.53. The van der Waals surface area contributed by atoms with Gasteiger partial charge in [-0.2, -0.15) is 0 Å². The average molecular weight is 329 g/mol. The minimum atomic E-state index is -0.0129. The molecule has 0 aliphatic carbocycles. The number of amides is 1. The molecule has 1 fully saturated rings. The zero-order valence-corrected chi connectivity index (χ0v) is 13.3. The highest BCUT2D eigenvalue weighted by Gasteiger charge is 2.27. The lowest BCUT2D eigenvalue weighted by atomic mass is 10.2. The van der Waals surface area contributed by atoms with Gasteiger partial charge in [-0.3, -0.25) is 4.79 Å². The molecule has 1 aromatic heterocycles. The molecule has 106 valence electrons. The van der Waals surface area contributed by atoms with Gasteiger partial charge in [0, 0.05) is 34.7 Å². The van der Waals surface area contributed by atoms with E-state index >= 15 is 0 Å². The van der Waals surface area contributed by atoms with E-state index in [1.807, 2.05) is 19.2 Å². The van der Waals surface area contributed by atoms with Crippen molar-refractivity contribution in [1.29, 1.82) is 0 Å². The maximum Gasteiger partial charge on any atom is 0.265 e. The normalized spacial score (nSPS) is 18.6. The molecular formula is C14H14Cl2N2OS. The zero-order chi connectivity index (χ0) is 14.3. The fourth-order valence-corrected chi connectivity index (χ4v) is 4.24. The van der Waals surface area contributed by atoms with Crippen molar-refractivity contribution in [1.82, 2.24) is 10.2 Å². The molecule has 1 atom stereocenters. The molecule has 20 heavy (non-hydrogen) atoms. The third-order valence-electron chi connectivity index (χ3n) is 3.69. The first kappa shape index (κ1) is 14.1. The molecule has 0 spiro atoms. The average Bonchev–Trinajstić information content (AvgIpc) is 3.05. The fraction of sp³-hybridized carbons (Fsp3) is 0.357. The number of halogens is 2. The highest BCUT2D eigenvalue weighted by atomic mass is 35.5. The molecule has 3 rings (SSSR count). The SMILES string of the molecule is CN(C(=O)c1sc2cc(Cl)ccc2c1Cl)C1CCNC1. The number of hydrogen-bond acceptors (Lipinski definition) is 3. The number of thiophene rings is 1. The van der Waals surface area contributed by atoms with Crippen LogP contribution in [-0.2, 0) is 0 Å². The minimum absolute atomic E-state index is 0.0129. The number of likely N-dealkylation sites (N-methyl/N-ethyl adjacent to an activating group) is 1. The molecule has 1 saturated heterocycles. The second-order valence-electron chi connectivity index (χ2n) is 4.95. The maximum atomic E-state index is 12.6. The number of carbonyl (C=O) groups excluding carboxylic acids is 1. The van der Waals surface area contributed by atoms with Crippen LogP contribution in [0.15, 0.2) is 18.2 Å². The lowest BCUT2D eigenvalue weighted by Crippen LogP contribution is -2.38. The predicted molar refractivity (Wildman–Crippen MR) is 85.2 cm³/mol. The zero-order valence-electron chi connectivity index (χ0n) is 11.0. The van der Waals surface area contributed by atoms with Crippen LogP contribution in [-0.4, -0.2) is 37.0 Å². The summed E-state index contributed by atoms with van der Waals surface area (Å²) in [7, 11) is 1.84. The molecule has 0 saturated carbocycles. The Kier molecular flexibility index (Phi) is 3.91. The van der Waals surface area contributed by atoms with Gasteiger partial charge in [0.15, 0.2) is 0 Å². The lowest BCUT2D eigenvalue weighted by molar-refractivity contribution is 0.0749. The quantitative estimate of drug-likeness (QED) is 0.912. The third-order valence-corrected chi connectivity index (χ3v) is 5.57. The molecule has 1 aliphatic rings. The van der Waals surface area contributed by atoms with Crippen LogP contribution in [0.2, 0.25) is 10.0 Å². The van der Waals surface area contributed by atoms with E-state index in [0.717, 1.165) is 29.6 Å². The van der Waals surface area contributed by atoms with Crippen LogP contribution in [0.5, 0.6) is 0 Å². The van der Waals surface area contributed by atoms with Gasteiger partial charge >= 0.3 is 0 Å². The van der Waals surface area contributed by atoms with E-state index in [1.165, 1.54) is 11.3 Å². The number of nitrogens with one attached hydrogen (secondary N) is 1. The number of fused-ring (bicyclic) bond motifs is 1. The molecule has 1 unspecified atom stereocenters. The summed E-state index contributed by atoms with van der Waals surface area (Å²) in [6.07, 6.45) is 0.983. The Morgan fingerprint density at radius 2 is 2.25 bits per heavy atom. The number of nitrogens with zero attached hydrogens (tertiary/aromatic N) is 1. The van der Waals surface area contributed by atoms with Gasteiger partial charge in [-0.1, -0.05) is 29.3 Å². The summed E-state index contributed by atoms with van der Waals surface area (Å²) < 4.78 is 0.948. The van der Waals surface area contributed by atoms with Gasteiger partial charge in [-0.05, 0) is 25.1 Å². The summed E-state index contributed by atoms with van der Waals surface area (Å²) in [5, 5.41) is 5.35. The Labute approximate surface area is 131 Å². The minimum Gasteiger partial charge on any atom is -0.337 e. The van der Waals surface area contributed by atoms with Gasteiger partial charge in [0.2, 0.25) is 0 Å². The number of hydrogen-bond donors (Lipinski definition) is 1. The first-order valence-corrected chi connectivity index (χ1v) is 8.00. The first-order valence-electron chi connectivity index (χ1n) is 6.43. The maximum absolute atomic E-state index is 12.6. The van der Waals surface area contributed by atoms with Crippen molar-refractivity contribution in [2.45, 2.75) is 12.5 Å². The Bertz CT molecular complexity index is 664. The number of rotatable bonds is 2. The predicted octanol–water partition coefficient (Wildman–Crippen LogP) is 3.64. The standard InChI is InChI=1S/C14H14Cl2N2OS/c1-18(9-4-5-17-7-9)14(19)13-12(16)10-3-2-8(15)6-11(10)20-13/h2-3,6,9,17H,4-5,7H2,1H3. The van der Waals surface area contributed by atoms with Gasteiger partial charge in [0.25, 0.3) is 5.91 Å². The van der Waals surface area contributed by atoms with Gasteiger partial charge in [0.1, 0.15) is 4.88 Å². The highest BCUT2D eigenvalue weighted by molar-refractivity contribution is 7.21. The summed E-state index contributed by atoms with van der Waals surface area (Å²) in [4.78, 5) is 15.0. The third kappa shape index (κ3) is 2.42. The van der Waals surface area contributed by atoms with Crippen molar-refractivity contribution in [3.8, 4) is 0 Å². The van der Waals surface area contributed by atoms with Crippen LogP contribution in [0.4, 0.5) is 0 Å². The van der Waals surface area contributed by atoms with E-state index in [9.17, 15) is 4.79 Å². The molecule has 1 amide bonds. The molecule has 0 bridgehead atoms. The fourth-order valence-electron chi connectivity index (χ4n) is 2.47. The number of carbonyl (C=O) groups is 1. The van der Waals surface area contributed by atoms with E-state index in [-0.39, 0.29) is 11.9 Å². The van der Waals surface area contributed by atoms with E-state index in [1.54, 1.807) is 11.0 Å². The Morgan fingerprint density at radius 1 is 1.45 bits per heavy atom. The topological polar surface area (TPSA) is 32.3 Å². The van der Waals surface area contributed by atoms with Crippen molar-refractivity contribution in [2.75, 3.05) is 20.1 Å². The summed E-state index contributed by atoms with van der Waals surface area (Å²) in [6, 6.07) is 5.75. The van der Waals surface area contributed by atoms with E-state index in [0.29, 0.717) is 14.9 Å². The van der Waals surface area contributed by atoms with Crippen LogP contribution < -0.4 is 5.32 Å². The Morgan fingerprint density at radius 3 is 2.95 bits per heavy atom. The molecule has 0 radical (unpaired) electrons. The molecule has 2 heterocycles. The smallest absolute Gasteiger partial charge is 0.265 e. The van der Waals surface area contributed by atoms with Crippen molar-refractivity contribution >= 4 is 50.5 Å². The monoisotopic (exact) mass is 328 g/mol. The first-order chi connectivity index (χ1) is 9.58. The van der Waals surface area contributed by atoms with Crippen LogP contribution in [0.25, 0.3) is 10.1 Å². The van der Waals surface area contributed by atoms with Gasteiger partial charge in [-0.15, -0.1) is 11.3 Å². The molecule has 2 aromatic rings. The summed E-state index contributed by atoms with van der Waals surface area (Å²) >= 11 is 13.8. The van der Waals surface area contributed by atoms with Crippen LogP contribution in [0.1, 0.15) is 16.1 Å². The Hall–Kier alpha value is -0.810. The number of benzene rings is 1. The van der Waals surface area contributed by atoms with E-state index in [2.05, 4.69) is 5.32 Å². The molecule has 1 aliphatic heterocycles. The lowest BCUT2D eigenvalue weighted by Gasteiger charge is -2.23. The highest BCUT2D eigenvalue weighted by Crippen LogP contribution is 2.37. The van der Waals surface area contributed by atoms with E-state index < -0.39 is 0 Å². The van der Waals surface area contributed by atoms with Crippen molar-refractivity contribution in [2.24, 2.45) is 0 Å². The van der Waals surface area contributed by atoms with Gasteiger partial charge < -0.3 is 10.2 Å². The van der Waals surface area contributed by atoms with Crippen LogP contribution in [0, 0.1) is 0 Å². The molecule has 6 heteroatoms. The van der Waals surface area contributed by atoms with Gasteiger partial charge in [0.05, 0.1) is 5.02 Å². The molecule has 1 N–H and O–H groups in total. The summed E-state index contributed by atoms with van der Waals surface area (Å²) in [5.74, 6) is -0.0129. The van der Waals surface area contributed by atoms with Gasteiger partial charge in [-0.25, -0.2) is 0 Å². The second-order valence-corrected chi connectivity index (χ2v) is 6.81. The summed E-state index contributed by atoms with van der Waals surface area (Å²) in [6.45, 7) is 1.80. The van der Waals surface area contributed by atoms with Crippen molar-refractivity contribution in [3.05, 3.63) is 33.1 Å². The van der Waals surface area contributed by atoms with Crippen molar-refractivity contribution < 1.29 is 4.79 Å². The molecule has 1 aromatic carbocycles. The van der Waals surface area contributed by atoms with Crippen molar-refractivity contribution in [3.63, 3.8) is 0 Å². The summed E-state index contributed by atoms with van der Waals surface area (Å²) in [5.41, 5.74) is 0. The largest absolute Gasteiger partial charge is 0.337 e. The van der Waals surface area contributed by atoms with Crippen LogP contribution >= 0.6 is 34.5 Å². The van der Waals surface area contributed by atoms with E-state index in [4.69, 9.17) is 23.2 Å². The Balaban J connectivity index is 1.96. The van der Waals surface area contributed by atoms with Crippen LogP contribution in [0.3, 0.4) is 0 Å². The molecule has 3 nitrogen and oxygen atoms in total. The molecular weight excluding hydrogens is 315 g/mol.